The van der Waals surface area contributed by atoms with E-state index in [0.29, 0.717) is 5.69 Å². The first-order valence-electron chi connectivity index (χ1n) is 7.30. The highest BCUT2D eigenvalue weighted by molar-refractivity contribution is 7.89. The molecule has 0 amide bonds. The molecule has 1 atom stereocenters. The van der Waals surface area contributed by atoms with Gasteiger partial charge in [0, 0.05) is 12.2 Å². The van der Waals surface area contributed by atoms with Crippen LogP contribution in [0.25, 0.3) is 0 Å². The number of aryl methyl sites for hydroxylation is 2. The molecule has 1 N–H and O–H groups in total. The van der Waals surface area contributed by atoms with Crippen molar-refractivity contribution in [3.63, 3.8) is 0 Å². The Kier molecular flexibility index (Phi) is 4.01. The summed E-state index contributed by atoms with van der Waals surface area (Å²) in [7, 11) is -3.77. The number of sulfonamides is 1. The Labute approximate surface area is 129 Å². The minimum atomic E-state index is -3.77. The van der Waals surface area contributed by atoms with E-state index in [2.05, 4.69) is 9.82 Å². The van der Waals surface area contributed by atoms with Crippen LogP contribution >= 0.6 is 0 Å². The van der Waals surface area contributed by atoms with Crippen molar-refractivity contribution in [3.05, 3.63) is 47.5 Å². The van der Waals surface area contributed by atoms with Crippen LogP contribution in [0.1, 0.15) is 37.2 Å². The highest BCUT2D eigenvalue weighted by Crippen LogP contribution is 2.21. The van der Waals surface area contributed by atoms with Gasteiger partial charge in [-0.15, -0.1) is 0 Å². The third-order valence-electron chi connectivity index (χ3n) is 3.82. The predicted molar refractivity (Wildman–Crippen MR) is 80.3 cm³/mol. The lowest BCUT2D eigenvalue weighted by molar-refractivity contribution is 0.479. The summed E-state index contributed by atoms with van der Waals surface area (Å²) in [6.07, 6.45) is 3.20. The van der Waals surface area contributed by atoms with Crippen LogP contribution < -0.4 is 4.72 Å². The van der Waals surface area contributed by atoms with E-state index in [0.717, 1.165) is 37.6 Å². The van der Waals surface area contributed by atoms with E-state index in [1.165, 1.54) is 18.2 Å². The molecule has 1 aromatic carbocycles. The van der Waals surface area contributed by atoms with E-state index < -0.39 is 21.9 Å². The zero-order valence-electron chi connectivity index (χ0n) is 12.3. The topological polar surface area (TPSA) is 64.0 Å². The first-order valence-corrected chi connectivity index (χ1v) is 8.78. The second-order valence-electron chi connectivity index (χ2n) is 5.54. The maximum absolute atomic E-state index is 13.2. The molecule has 0 saturated heterocycles. The molecule has 0 spiro atoms. The fraction of sp³-hybridized carbons (Fsp3) is 0.400. The lowest BCUT2D eigenvalue weighted by atomic mass is 10.1. The van der Waals surface area contributed by atoms with E-state index in [9.17, 15) is 12.8 Å². The van der Waals surface area contributed by atoms with Crippen LogP contribution in [0.2, 0.25) is 0 Å². The van der Waals surface area contributed by atoms with Crippen LogP contribution in [-0.2, 0) is 23.0 Å². The maximum Gasteiger partial charge on any atom is 0.241 e. The first-order chi connectivity index (χ1) is 10.5. The summed E-state index contributed by atoms with van der Waals surface area (Å²) in [5.74, 6) is -0.576. The third-order valence-corrected chi connectivity index (χ3v) is 5.36. The number of nitrogens with zero attached hydrogens (tertiary/aromatic N) is 2. The quantitative estimate of drug-likeness (QED) is 0.940. The average molecular weight is 323 g/mol. The van der Waals surface area contributed by atoms with Crippen LogP contribution in [0.15, 0.2) is 35.2 Å². The molecule has 118 valence electrons. The van der Waals surface area contributed by atoms with E-state index in [-0.39, 0.29) is 4.90 Å². The fourth-order valence-electron chi connectivity index (χ4n) is 2.65. The Morgan fingerprint density at radius 2 is 2.14 bits per heavy atom. The summed E-state index contributed by atoms with van der Waals surface area (Å²) < 4.78 is 42.3. The van der Waals surface area contributed by atoms with Crippen LogP contribution in [0.3, 0.4) is 0 Å². The molecule has 0 bridgehead atoms. The number of fused-ring (bicyclic) bond motifs is 1. The second-order valence-corrected chi connectivity index (χ2v) is 7.26. The summed E-state index contributed by atoms with van der Waals surface area (Å²) in [5, 5.41) is 4.46. The molecule has 1 aliphatic rings. The van der Waals surface area contributed by atoms with Gasteiger partial charge in [0.2, 0.25) is 10.0 Å². The van der Waals surface area contributed by atoms with E-state index >= 15 is 0 Å². The zero-order valence-corrected chi connectivity index (χ0v) is 13.1. The molecule has 2 aromatic rings. The van der Waals surface area contributed by atoms with Gasteiger partial charge in [-0.05, 0) is 50.5 Å². The number of nitrogens with one attached hydrogen (secondary N) is 1. The van der Waals surface area contributed by atoms with E-state index in [1.54, 1.807) is 6.92 Å². The Hall–Kier alpha value is -1.73. The van der Waals surface area contributed by atoms with E-state index in [4.69, 9.17) is 0 Å². The molecule has 1 aromatic heterocycles. The van der Waals surface area contributed by atoms with Gasteiger partial charge in [-0.2, -0.15) is 5.10 Å². The minimum absolute atomic E-state index is 0.0803. The summed E-state index contributed by atoms with van der Waals surface area (Å²) in [4.78, 5) is -0.0803. The lowest BCUT2D eigenvalue weighted by Crippen LogP contribution is -2.27. The third kappa shape index (κ3) is 3.05. The molecule has 2 heterocycles. The van der Waals surface area contributed by atoms with Crippen molar-refractivity contribution < 1.29 is 12.8 Å². The van der Waals surface area contributed by atoms with Gasteiger partial charge >= 0.3 is 0 Å². The molecule has 5 nitrogen and oxygen atoms in total. The molecule has 7 heteroatoms. The van der Waals surface area contributed by atoms with Crippen molar-refractivity contribution in [2.75, 3.05) is 0 Å². The summed E-state index contributed by atoms with van der Waals surface area (Å²) in [6.45, 7) is 2.61. The molecular formula is C15H18FN3O2S. The minimum Gasteiger partial charge on any atom is -0.269 e. The van der Waals surface area contributed by atoms with Crippen molar-refractivity contribution in [2.24, 2.45) is 0 Å². The van der Waals surface area contributed by atoms with Crippen molar-refractivity contribution in [1.29, 1.82) is 0 Å². The smallest absolute Gasteiger partial charge is 0.241 e. The van der Waals surface area contributed by atoms with Crippen LogP contribution in [0.4, 0.5) is 4.39 Å². The molecule has 22 heavy (non-hydrogen) atoms. The average Bonchev–Trinajstić information content (AvgIpc) is 2.91. The Morgan fingerprint density at radius 1 is 1.32 bits per heavy atom. The molecule has 0 saturated carbocycles. The molecule has 0 fully saturated rings. The molecule has 3 rings (SSSR count). The highest BCUT2D eigenvalue weighted by atomic mass is 32.2. The van der Waals surface area contributed by atoms with Crippen molar-refractivity contribution in [1.82, 2.24) is 14.5 Å². The number of benzene rings is 1. The van der Waals surface area contributed by atoms with Gasteiger partial charge in [0.15, 0.2) is 0 Å². The van der Waals surface area contributed by atoms with Gasteiger partial charge in [0.1, 0.15) is 5.82 Å². The first kappa shape index (κ1) is 15.2. The largest absolute Gasteiger partial charge is 0.269 e. The van der Waals surface area contributed by atoms with Crippen molar-refractivity contribution >= 4 is 10.0 Å². The van der Waals surface area contributed by atoms with Gasteiger partial charge in [-0.1, -0.05) is 6.07 Å². The van der Waals surface area contributed by atoms with Crippen LogP contribution in [0.5, 0.6) is 0 Å². The number of hydrogen-bond acceptors (Lipinski definition) is 3. The normalized spacial score (nSPS) is 16.3. The Bertz CT molecular complexity index is 762. The van der Waals surface area contributed by atoms with E-state index in [1.807, 2.05) is 10.7 Å². The lowest BCUT2D eigenvalue weighted by Gasteiger charge is -2.13. The SMILES string of the molecule is CC(NS(=O)(=O)c1cccc(F)c1)c1cc2n(n1)CCCC2. The maximum atomic E-state index is 13.2. The molecule has 0 radical (unpaired) electrons. The standard InChI is InChI=1S/C15H18FN3O2S/c1-11(15-10-13-6-2-3-8-19(13)17-15)18-22(20,21)14-7-4-5-12(16)9-14/h4-5,7,9-11,18H,2-3,6,8H2,1H3. The summed E-state index contributed by atoms with van der Waals surface area (Å²) >= 11 is 0. The molecule has 0 aliphatic carbocycles. The van der Waals surface area contributed by atoms with Crippen molar-refractivity contribution in [3.8, 4) is 0 Å². The summed E-state index contributed by atoms with van der Waals surface area (Å²) in [5.41, 5.74) is 1.83. The number of rotatable bonds is 4. The Morgan fingerprint density at radius 3 is 2.86 bits per heavy atom. The molecule has 1 aliphatic heterocycles. The number of hydrogen-bond donors (Lipinski definition) is 1. The van der Waals surface area contributed by atoms with Gasteiger partial charge in [-0.3, -0.25) is 4.68 Å². The highest BCUT2D eigenvalue weighted by Gasteiger charge is 2.22. The van der Waals surface area contributed by atoms with Gasteiger partial charge in [0.05, 0.1) is 16.6 Å². The monoisotopic (exact) mass is 323 g/mol. The van der Waals surface area contributed by atoms with Crippen LogP contribution in [0, 0.1) is 5.82 Å². The number of halogens is 1. The van der Waals surface area contributed by atoms with Gasteiger partial charge in [0.25, 0.3) is 0 Å². The Balaban J connectivity index is 1.81. The molecular weight excluding hydrogens is 305 g/mol. The second kappa shape index (κ2) is 5.81. The van der Waals surface area contributed by atoms with Gasteiger partial charge in [-0.25, -0.2) is 17.5 Å². The number of aromatic nitrogens is 2. The van der Waals surface area contributed by atoms with Crippen molar-refractivity contribution in [2.45, 2.75) is 43.7 Å². The summed E-state index contributed by atoms with van der Waals surface area (Å²) in [6, 6.07) is 6.45. The van der Waals surface area contributed by atoms with Crippen LogP contribution in [-0.4, -0.2) is 18.2 Å². The predicted octanol–water partition coefficient (Wildman–Crippen LogP) is 2.40. The zero-order chi connectivity index (χ0) is 15.7. The molecule has 1 unspecified atom stereocenters. The fourth-order valence-corrected chi connectivity index (χ4v) is 3.89. The van der Waals surface area contributed by atoms with Gasteiger partial charge < -0.3 is 0 Å².